The van der Waals surface area contributed by atoms with Crippen LogP contribution in [0.15, 0.2) is 47.5 Å². The Balaban J connectivity index is 0.00000420. The second kappa shape index (κ2) is 13.1. The Kier molecular flexibility index (Phi) is 11.2. The number of nitrogens with one attached hydrogen (secondary N) is 2. The number of ether oxygens (including phenoxy) is 2. The van der Waals surface area contributed by atoms with Gasteiger partial charge in [-0.2, -0.15) is 0 Å². The summed E-state index contributed by atoms with van der Waals surface area (Å²) in [4.78, 5) is 4.50. The average molecular weight is 517 g/mol. The monoisotopic (exact) mass is 517 g/mol. The van der Waals surface area contributed by atoms with Crippen molar-refractivity contribution in [2.24, 2.45) is 4.99 Å². The number of aliphatic imine (C=N–C) groups is 1. The van der Waals surface area contributed by atoms with Gasteiger partial charge in [0.1, 0.15) is 6.10 Å². The summed E-state index contributed by atoms with van der Waals surface area (Å²) < 4.78 is 24.7. The number of methoxy groups -OCH3 is 1. The summed E-state index contributed by atoms with van der Waals surface area (Å²) in [6, 6.07) is 11.7. The van der Waals surface area contributed by atoms with Crippen molar-refractivity contribution in [3.05, 3.63) is 53.8 Å². The van der Waals surface area contributed by atoms with Crippen LogP contribution in [0.5, 0.6) is 17.2 Å². The van der Waals surface area contributed by atoms with Crippen molar-refractivity contribution >= 4 is 29.9 Å². The van der Waals surface area contributed by atoms with E-state index in [1.807, 2.05) is 13.8 Å². The molecule has 29 heavy (non-hydrogen) atoms. The zero-order chi connectivity index (χ0) is 20.4. The first kappa shape index (κ1) is 24.8. The van der Waals surface area contributed by atoms with Crippen LogP contribution in [0, 0.1) is 5.82 Å². The van der Waals surface area contributed by atoms with Crippen molar-refractivity contribution in [2.75, 3.05) is 20.2 Å². The standard InChI is InChI=1S/C21H28FN3O3.HI/c1-4-16(28-18-11-7-6-10-17(18)22)14-25-21(23-5-2)24-13-15-9-8-12-19(27-3)20(15)26;/h6-12,16,26H,4-5,13-14H2,1-3H3,(H2,23,24,25);1H. The number of para-hydroxylation sites is 2. The molecule has 3 N–H and O–H groups in total. The number of guanidine groups is 1. The van der Waals surface area contributed by atoms with E-state index in [1.54, 1.807) is 36.4 Å². The van der Waals surface area contributed by atoms with Gasteiger partial charge in [-0.3, -0.25) is 0 Å². The Bertz CT molecular complexity index is 790. The number of rotatable bonds is 9. The number of benzene rings is 2. The first-order valence-electron chi connectivity index (χ1n) is 9.37. The minimum atomic E-state index is -0.380. The normalized spacial score (nSPS) is 11.9. The van der Waals surface area contributed by atoms with Gasteiger partial charge in [-0.1, -0.05) is 31.2 Å². The second-order valence-electron chi connectivity index (χ2n) is 6.12. The Morgan fingerprint density at radius 2 is 1.83 bits per heavy atom. The van der Waals surface area contributed by atoms with E-state index in [2.05, 4.69) is 15.6 Å². The fraction of sp³-hybridized carbons (Fsp3) is 0.381. The molecule has 0 amide bonds. The van der Waals surface area contributed by atoms with E-state index >= 15 is 0 Å². The van der Waals surface area contributed by atoms with Gasteiger partial charge in [-0.05, 0) is 31.5 Å². The van der Waals surface area contributed by atoms with Crippen LogP contribution < -0.4 is 20.1 Å². The molecule has 0 saturated heterocycles. The maximum absolute atomic E-state index is 13.8. The summed E-state index contributed by atoms with van der Waals surface area (Å²) in [7, 11) is 1.51. The highest BCUT2D eigenvalue weighted by molar-refractivity contribution is 14.0. The highest BCUT2D eigenvalue weighted by Crippen LogP contribution is 2.29. The Labute approximate surface area is 188 Å². The lowest BCUT2D eigenvalue weighted by Crippen LogP contribution is -2.42. The number of phenolic OH excluding ortho intramolecular Hbond substituents is 1. The highest BCUT2D eigenvalue weighted by Gasteiger charge is 2.12. The van der Waals surface area contributed by atoms with Crippen molar-refractivity contribution < 1.29 is 19.0 Å². The summed E-state index contributed by atoms with van der Waals surface area (Å²) >= 11 is 0. The van der Waals surface area contributed by atoms with E-state index in [1.165, 1.54) is 13.2 Å². The predicted molar refractivity (Wildman–Crippen MR) is 124 cm³/mol. The quantitative estimate of drug-likeness (QED) is 0.266. The lowest BCUT2D eigenvalue weighted by Gasteiger charge is -2.20. The van der Waals surface area contributed by atoms with Crippen LogP contribution in [0.1, 0.15) is 25.8 Å². The van der Waals surface area contributed by atoms with Gasteiger partial charge in [0.05, 0.1) is 20.2 Å². The first-order chi connectivity index (χ1) is 13.6. The van der Waals surface area contributed by atoms with E-state index in [9.17, 15) is 9.50 Å². The largest absolute Gasteiger partial charge is 0.504 e. The number of nitrogens with zero attached hydrogens (tertiary/aromatic N) is 1. The van der Waals surface area contributed by atoms with Crippen LogP contribution in [0.25, 0.3) is 0 Å². The zero-order valence-electron chi connectivity index (χ0n) is 16.9. The molecule has 2 aromatic rings. The molecule has 1 atom stereocenters. The Morgan fingerprint density at radius 1 is 1.10 bits per heavy atom. The molecule has 0 aromatic heterocycles. The van der Waals surface area contributed by atoms with E-state index < -0.39 is 0 Å². The zero-order valence-corrected chi connectivity index (χ0v) is 19.3. The van der Waals surface area contributed by atoms with Crippen molar-refractivity contribution in [1.82, 2.24) is 10.6 Å². The molecule has 6 nitrogen and oxygen atoms in total. The molecule has 0 spiro atoms. The van der Waals surface area contributed by atoms with Crippen molar-refractivity contribution in [2.45, 2.75) is 32.9 Å². The minimum absolute atomic E-state index is 0. The van der Waals surface area contributed by atoms with Crippen LogP contribution in [-0.2, 0) is 6.54 Å². The Hall–Kier alpha value is -2.23. The lowest BCUT2D eigenvalue weighted by molar-refractivity contribution is 0.191. The lowest BCUT2D eigenvalue weighted by atomic mass is 10.2. The summed E-state index contributed by atoms with van der Waals surface area (Å²) in [5.41, 5.74) is 0.659. The molecular formula is C21H29FIN3O3. The van der Waals surface area contributed by atoms with Crippen LogP contribution in [0.4, 0.5) is 4.39 Å². The molecule has 2 aromatic carbocycles. The van der Waals surface area contributed by atoms with E-state index in [0.717, 1.165) is 0 Å². The molecule has 1 unspecified atom stereocenters. The molecule has 2 rings (SSSR count). The number of hydrogen-bond acceptors (Lipinski definition) is 4. The third kappa shape index (κ3) is 7.60. The van der Waals surface area contributed by atoms with Gasteiger partial charge >= 0.3 is 0 Å². The Morgan fingerprint density at radius 3 is 2.48 bits per heavy atom. The van der Waals surface area contributed by atoms with Crippen LogP contribution in [-0.4, -0.2) is 37.4 Å². The van der Waals surface area contributed by atoms with E-state index in [-0.39, 0.29) is 53.9 Å². The molecule has 0 bridgehead atoms. The van der Waals surface area contributed by atoms with Gasteiger partial charge in [-0.15, -0.1) is 24.0 Å². The third-order valence-electron chi connectivity index (χ3n) is 4.14. The highest BCUT2D eigenvalue weighted by atomic mass is 127. The molecule has 0 aliphatic carbocycles. The molecule has 160 valence electrons. The number of phenols is 1. The molecule has 0 aliphatic rings. The third-order valence-corrected chi connectivity index (χ3v) is 4.14. The smallest absolute Gasteiger partial charge is 0.191 e. The van der Waals surface area contributed by atoms with Crippen molar-refractivity contribution in [3.8, 4) is 17.2 Å². The van der Waals surface area contributed by atoms with Gasteiger partial charge in [0.25, 0.3) is 0 Å². The van der Waals surface area contributed by atoms with Gasteiger partial charge in [-0.25, -0.2) is 9.38 Å². The van der Waals surface area contributed by atoms with E-state index in [0.29, 0.717) is 36.8 Å². The van der Waals surface area contributed by atoms with Crippen molar-refractivity contribution in [3.63, 3.8) is 0 Å². The van der Waals surface area contributed by atoms with Crippen LogP contribution in [0.2, 0.25) is 0 Å². The van der Waals surface area contributed by atoms with Gasteiger partial charge < -0.3 is 25.2 Å². The maximum atomic E-state index is 13.8. The van der Waals surface area contributed by atoms with Gasteiger partial charge in [0.15, 0.2) is 29.0 Å². The topological polar surface area (TPSA) is 75.1 Å². The number of hydrogen-bond donors (Lipinski definition) is 3. The molecule has 8 heteroatoms. The number of aromatic hydroxyl groups is 1. The molecule has 0 aliphatic heterocycles. The fourth-order valence-electron chi connectivity index (χ4n) is 2.57. The van der Waals surface area contributed by atoms with Gasteiger partial charge in [0, 0.05) is 12.1 Å². The summed E-state index contributed by atoms with van der Waals surface area (Å²) in [5, 5.41) is 16.5. The molecule has 0 heterocycles. The molecule has 0 radical (unpaired) electrons. The minimum Gasteiger partial charge on any atom is -0.504 e. The molecule has 0 fully saturated rings. The summed E-state index contributed by atoms with van der Waals surface area (Å²) in [5.74, 6) is 0.934. The van der Waals surface area contributed by atoms with E-state index in [4.69, 9.17) is 9.47 Å². The molecular weight excluding hydrogens is 488 g/mol. The van der Waals surface area contributed by atoms with Crippen LogP contribution >= 0.6 is 24.0 Å². The summed E-state index contributed by atoms with van der Waals surface area (Å²) in [6.45, 7) is 5.36. The summed E-state index contributed by atoms with van der Waals surface area (Å²) in [6.07, 6.45) is 0.489. The van der Waals surface area contributed by atoms with Crippen LogP contribution in [0.3, 0.4) is 0 Å². The predicted octanol–water partition coefficient (Wildman–Crippen LogP) is 4.07. The maximum Gasteiger partial charge on any atom is 0.191 e. The van der Waals surface area contributed by atoms with Crippen molar-refractivity contribution in [1.29, 1.82) is 0 Å². The second-order valence-corrected chi connectivity index (χ2v) is 6.12. The first-order valence-corrected chi connectivity index (χ1v) is 9.37. The SMILES string of the molecule is CCNC(=NCc1cccc(OC)c1O)NCC(CC)Oc1ccccc1F.I. The number of halogens is 2. The fourth-order valence-corrected chi connectivity index (χ4v) is 2.57. The average Bonchev–Trinajstić information content (AvgIpc) is 2.71. The van der Waals surface area contributed by atoms with Gasteiger partial charge in [0.2, 0.25) is 0 Å². The molecule has 0 saturated carbocycles.